The van der Waals surface area contributed by atoms with Gasteiger partial charge in [-0.25, -0.2) is 12.8 Å². The second kappa shape index (κ2) is 3.33. The minimum Gasteiger partial charge on any atom is -0.281 e. The van der Waals surface area contributed by atoms with Gasteiger partial charge < -0.3 is 0 Å². The number of aryl methyl sites for hydroxylation is 1. The van der Waals surface area contributed by atoms with Crippen LogP contribution in [0.1, 0.15) is 5.56 Å². The Morgan fingerprint density at radius 3 is 2.54 bits per heavy atom. The molecule has 0 aliphatic rings. The van der Waals surface area contributed by atoms with Crippen LogP contribution in [0.25, 0.3) is 0 Å². The Kier molecular flexibility index (Phi) is 2.56. The smallest absolute Gasteiger partial charge is 0.229 e. The molecule has 1 rings (SSSR count). The summed E-state index contributed by atoms with van der Waals surface area (Å²) < 4.78 is 36.6. The van der Waals surface area contributed by atoms with E-state index >= 15 is 0 Å². The highest BCUT2D eigenvalue weighted by Gasteiger charge is 2.06. The number of rotatable bonds is 2. The van der Waals surface area contributed by atoms with Gasteiger partial charge >= 0.3 is 0 Å². The number of anilines is 1. The minimum absolute atomic E-state index is 0.0116. The van der Waals surface area contributed by atoms with Gasteiger partial charge in [0.05, 0.1) is 11.9 Å². The van der Waals surface area contributed by atoms with Crippen molar-refractivity contribution in [1.82, 2.24) is 0 Å². The molecule has 0 fully saturated rings. The van der Waals surface area contributed by atoms with Crippen molar-refractivity contribution in [3.05, 3.63) is 29.6 Å². The zero-order valence-corrected chi connectivity index (χ0v) is 8.15. The van der Waals surface area contributed by atoms with Crippen LogP contribution in [0.5, 0.6) is 0 Å². The second-order valence-corrected chi connectivity index (χ2v) is 4.61. The molecule has 0 radical (unpaired) electrons. The van der Waals surface area contributed by atoms with E-state index in [1.54, 1.807) is 13.0 Å². The molecule has 3 nitrogen and oxygen atoms in total. The zero-order chi connectivity index (χ0) is 10.1. The van der Waals surface area contributed by atoms with E-state index in [4.69, 9.17) is 0 Å². The molecule has 0 amide bonds. The van der Waals surface area contributed by atoms with Crippen LogP contribution in [-0.4, -0.2) is 14.7 Å². The molecule has 72 valence electrons. The fourth-order valence-corrected chi connectivity index (χ4v) is 1.47. The third-order valence-corrected chi connectivity index (χ3v) is 2.01. The summed E-state index contributed by atoms with van der Waals surface area (Å²) in [6, 6.07) is 4.24. The summed E-state index contributed by atoms with van der Waals surface area (Å²) in [5.74, 6) is -0.573. The molecule has 0 bridgehead atoms. The van der Waals surface area contributed by atoms with Gasteiger partial charge in [-0.2, -0.15) is 0 Å². The van der Waals surface area contributed by atoms with Gasteiger partial charge in [-0.05, 0) is 24.6 Å². The van der Waals surface area contributed by atoms with Crippen molar-refractivity contribution in [1.29, 1.82) is 0 Å². The quantitative estimate of drug-likeness (QED) is 0.791. The Bertz CT molecular complexity index is 414. The Balaban J connectivity index is 3.08. The SMILES string of the molecule is Cc1ccc(F)c(NS(C)(=O)=O)c1. The van der Waals surface area contributed by atoms with E-state index in [9.17, 15) is 12.8 Å². The molecule has 0 unspecified atom stereocenters. The van der Waals surface area contributed by atoms with E-state index in [2.05, 4.69) is 4.72 Å². The number of benzene rings is 1. The first-order valence-corrected chi connectivity index (χ1v) is 5.51. The van der Waals surface area contributed by atoms with Crippen molar-refractivity contribution in [2.75, 3.05) is 11.0 Å². The maximum Gasteiger partial charge on any atom is 0.229 e. The van der Waals surface area contributed by atoms with Crippen LogP contribution in [0.2, 0.25) is 0 Å². The molecule has 1 aromatic carbocycles. The molecule has 0 spiro atoms. The van der Waals surface area contributed by atoms with Gasteiger partial charge in [0.1, 0.15) is 5.82 Å². The highest BCUT2D eigenvalue weighted by Crippen LogP contribution is 2.16. The first-order valence-electron chi connectivity index (χ1n) is 3.62. The molecule has 1 aromatic rings. The fourth-order valence-electron chi connectivity index (χ4n) is 0.917. The normalized spacial score (nSPS) is 11.3. The van der Waals surface area contributed by atoms with E-state index in [1.807, 2.05) is 0 Å². The first kappa shape index (κ1) is 9.98. The number of sulfonamides is 1. The average Bonchev–Trinajstić information content (AvgIpc) is 1.94. The van der Waals surface area contributed by atoms with E-state index in [1.165, 1.54) is 12.1 Å². The van der Waals surface area contributed by atoms with Crippen LogP contribution in [0, 0.1) is 12.7 Å². The molecule has 0 heterocycles. The Labute approximate surface area is 76.6 Å². The number of halogens is 1. The maximum absolute atomic E-state index is 13.0. The van der Waals surface area contributed by atoms with Crippen molar-refractivity contribution < 1.29 is 12.8 Å². The summed E-state index contributed by atoms with van der Waals surface area (Å²) in [6.07, 6.45) is 0.981. The molecular weight excluding hydrogens is 193 g/mol. The number of hydrogen-bond acceptors (Lipinski definition) is 2. The van der Waals surface area contributed by atoms with Gasteiger partial charge in [0, 0.05) is 0 Å². The van der Waals surface area contributed by atoms with E-state index in [-0.39, 0.29) is 5.69 Å². The summed E-state index contributed by atoms with van der Waals surface area (Å²) in [5, 5.41) is 0. The second-order valence-electron chi connectivity index (χ2n) is 2.86. The third kappa shape index (κ3) is 3.02. The van der Waals surface area contributed by atoms with Crippen molar-refractivity contribution >= 4 is 15.7 Å². The van der Waals surface area contributed by atoms with Gasteiger partial charge in [-0.3, -0.25) is 4.72 Å². The van der Waals surface area contributed by atoms with Gasteiger partial charge in [0.25, 0.3) is 0 Å². The minimum atomic E-state index is -3.41. The lowest BCUT2D eigenvalue weighted by atomic mass is 10.2. The number of nitrogens with one attached hydrogen (secondary N) is 1. The summed E-state index contributed by atoms with van der Waals surface area (Å²) in [7, 11) is -3.41. The Hall–Kier alpha value is -1.10. The monoisotopic (exact) mass is 203 g/mol. The number of hydrogen-bond donors (Lipinski definition) is 1. The predicted molar refractivity (Wildman–Crippen MR) is 49.6 cm³/mol. The lowest BCUT2D eigenvalue weighted by Crippen LogP contribution is -2.10. The third-order valence-electron chi connectivity index (χ3n) is 1.42. The molecule has 0 aliphatic carbocycles. The highest BCUT2D eigenvalue weighted by molar-refractivity contribution is 7.92. The van der Waals surface area contributed by atoms with Crippen molar-refractivity contribution in [3.63, 3.8) is 0 Å². The molecule has 0 saturated heterocycles. The van der Waals surface area contributed by atoms with Crippen molar-refractivity contribution in [2.24, 2.45) is 0 Å². The van der Waals surface area contributed by atoms with Gasteiger partial charge in [0.15, 0.2) is 0 Å². The van der Waals surface area contributed by atoms with E-state index < -0.39 is 15.8 Å². The van der Waals surface area contributed by atoms with Crippen LogP contribution in [-0.2, 0) is 10.0 Å². The van der Waals surface area contributed by atoms with Gasteiger partial charge in [0.2, 0.25) is 10.0 Å². The van der Waals surface area contributed by atoms with Crippen molar-refractivity contribution in [3.8, 4) is 0 Å². The van der Waals surface area contributed by atoms with E-state index in [0.29, 0.717) is 0 Å². The largest absolute Gasteiger partial charge is 0.281 e. The first-order chi connectivity index (χ1) is 5.88. The molecule has 0 saturated carbocycles. The summed E-state index contributed by atoms with van der Waals surface area (Å²) in [5.41, 5.74) is 0.787. The average molecular weight is 203 g/mol. The molecule has 5 heteroatoms. The van der Waals surface area contributed by atoms with Gasteiger partial charge in [-0.15, -0.1) is 0 Å². The van der Waals surface area contributed by atoms with Crippen LogP contribution in [0.3, 0.4) is 0 Å². The van der Waals surface area contributed by atoms with Crippen LogP contribution in [0.4, 0.5) is 10.1 Å². The zero-order valence-electron chi connectivity index (χ0n) is 7.33. The topological polar surface area (TPSA) is 46.2 Å². The molecular formula is C8H10FNO2S. The molecule has 1 N–H and O–H groups in total. The lowest BCUT2D eigenvalue weighted by molar-refractivity contribution is 0.603. The predicted octanol–water partition coefficient (Wildman–Crippen LogP) is 1.51. The molecule has 0 aromatic heterocycles. The summed E-state index contributed by atoms with van der Waals surface area (Å²) in [6.45, 7) is 1.76. The molecule has 13 heavy (non-hydrogen) atoms. The van der Waals surface area contributed by atoms with Crippen LogP contribution < -0.4 is 4.72 Å². The lowest BCUT2D eigenvalue weighted by Gasteiger charge is -2.05. The van der Waals surface area contributed by atoms with Gasteiger partial charge in [-0.1, -0.05) is 6.07 Å². The standard InChI is InChI=1S/C8H10FNO2S/c1-6-3-4-7(9)8(5-6)10-13(2,11)12/h3-5,10H,1-2H3. The fraction of sp³-hybridized carbons (Fsp3) is 0.250. The summed E-state index contributed by atoms with van der Waals surface area (Å²) in [4.78, 5) is 0. The molecule has 0 aliphatic heterocycles. The van der Waals surface area contributed by atoms with Crippen LogP contribution >= 0.6 is 0 Å². The highest BCUT2D eigenvalue weighted by atomic mass is 32.2. The maximum atomic E-state index is 13.0. The van der Waals surface area contributed by atoms with Crippen LogP contribution in [0.15, 0.2) is 18.2 Å². The Morgan fingerprint density at radius 2 is 2.00 bits per heavy atom. The van der Waals surface area contributed by atoms with Crippen molar-refractivity contribution in [2.45, 2.75) is 6.92 Å². The summed E-state index contributed by atoms with van der Waals surface area (Å²) >= 11 is 0. The van der Waals surface area contributed by atoms with E-state index in [0.717, 1.165) is 11.8 Å². The Morgan fingerprint density at radius 1 is 1.38 bits per heavy atom. The molecule has 0 atom stereocenters.